The molecule has 0 saturated heterocycles. The number of aliphatic carboxylic acids is 1. The van der Waals surface area contributed by atoms with Crippen molar-refractivity contribution in [2.24, 2.45) is 0 Å². The Bertz CT molecular complexity index is 350. The number of hydrogen-bond acceptors (Lipinski definition) is 2. The highest BCUT2D eigenvalue weighted by atomic mass is 19.3. The number of aromatic hydroxyl groups is 1. The van der Waals surface area contributed by atoms with E-state index in [-0.39, 0.29) is 5.56 Å². The minimum absolute atomic E-state index is 0.00435. The Labute approximate surface area is 78.6 Å². The van der Waals surface area contributed by atoms with Gasteiger partial charge in [-0.05, 0) is 6.07 Å². The van der Waals surface area contributed by atoms with Crippen molar-refractivity contribution in [2.75, 3.05) is 0 Å². The minimum Gasteiger partial charge on any atom is -0.507 e. The molecule has 0 unspecified atom stereocenters. The molecule has 0 bridgehead atoms. The average molecular weight is 202 g/mol. The molecule has 2 N–H and O–H groups in total. The van der Waals surface area contributed by atoms with Crippen molar-refractivity contribution in [3.63, 3.8) is 0 Å². The molecule has 1 rings (SSSR count). The molecule has 0 aromatic heterocycles. The second-order valence-corrected chi connectivity index (χ2v) is 2.73. The summed E-state index contributed by atoms with van der Waals surface area (Å²) in [7, 11) is 0. The fraction of sp³-hybridized carbons (Fsp3) is 0.222. The molecule has 76 valence electrons. The lowest BCUT2D eigenvalue weighted by Crippen LogP contribution is -2.01. The minimum atomic E-state index is -2.80. The molecule has 0 aliphatic carbocycles. The second kappa shape index (κ2) is 4.04. The molecule has 0 fully saturated rings. The van der Waals surface area contributed by atoms with Gasteiger partial charge in [0.2, 0.25) is 0 Å². The van der Waals surface area contributed by atoms with Gasteiger partial charge in [-0.25, -0.2) is 8.78 Å². The summed E-state index contributed by atoms with van der Waals surface area (Å²) in [6.07, 6.45) is -3.27. The molecule has 14 heavy (non-hydrogen) atoms. The highest BCUT2D eigenvalue weighted by molar-refractivity contribution is 5.71. The number of rotatable bonds is 3. The summed E-state index contributed by atoms with van der Waals surface area (Å²) in [5, 5.41) is 17.7. The Morgan fingerprint density at radius 3 is 2.57 bits per heavy atom. The Morgan fingerprint density at radius 1 is 1.43 bits per heavy atom. The van der Waals surface area contributed by atoms with Crippen LogP contribution in [0.3, 0.4) is 0 Å². The fourth-order valence-electron chi connectivity index (χ4n) is 1.09. The van der Waals surface area contributed by atoms with Crippen LogP contribution in [0.1, 0.15) is 17.6 Å². The quantitative estimate of drug-likeness (QED) is 0.787. The van der Waals surface area contributed by atoms with Gasteiger partial charge in [0.05, 0.1) is 12.0 Å². The van der Waals surface area contributed by atoms with E-state index in [9.17, 15) is 18.7 Å². The third kappa shape index (κ3) is 2.18. The Morgan fingerprint density at radius 2 is 2.07 bits per heavy atom. The maximum absolute atomic E-state index is 12.2. The van der Waals surface area contributed by atoms with Crippen molar-refractivity contribution in [3.8, 4) is 5.75 Å². The Kier molecular flexibility index (Phi) is 3.01. The van der Waals surface area contributed by atoms with Crippen LogP contribution < -0.4 is 0 Å². The Balaban J connectivity index is 3.07. The summed E-state index contributed by atoms with van der Waals surface area (Å²) in [5.74, 6) is -1.81. The number of carboxylic acid groups (broad SMARTS) is 1. The number of carbonyl (C=O) groups is 1. The largest absolute Gasteiger partial charge is 0.507 e. The number of hydrogen-bond donors (Lipinski definition) is 2. The molecule has 3 nitrogen and oxygen atoms in total. The van der Waals surface area contributed by atoms with E-state index in [2.05, 4.69) is 0 Å². The van der Waals surface area contributed by atoms with Gasteiger partial charge in [0.15, 0.2) is 0 Å². The summed E-state index contributed by atoms with van der Waals surface area (Å²) in [4.78, 5) is 10.3. The molecule has 0 aliphatic heterocycles. The van der Waals surface area contributed by atoms with Crippen LogP contribution in [-0.2, 0) is 11.2 Å². The van der Waals surface area contributed by atoms with Gasteiger partial charge in [-0.15, -0.1) is 0 Å². The van der Waals surface area contributed by atoms with Crippen molar-refractivity contribution < 1.29 is 23.8 Å². The first-order valence-electron chi connectivity index (χ1n) is 3.83. The molecule has 1 aromatic rings. The summed E-state index contributed by atoms with van der Waals surface area (Å²) >= 11 is 0. The van der Waals surface area contributed by atoms with Crippen LogP contribution in [0.5, 0.6) is 5.75 Å². The van der Waals surface area contributed by atoms with Gasteiger partial charge in [-0.2, -0.15) is 0 Å². The zero-order chi connectivity index (χ0) is 10.7. The van der Waals surface area contributed by atoms with Crippen LogP contribution in [-0.4, -0.2) is 16.2 Å². The lowest BCUT2D eigenvalue weighted by atomic mass is 10.1. The summed E-state index contributed by atoms with van der Waals surface area (Å²) in [6, 6.07) is 3.65. The first kappa shape index (κ1) is 10.4. The van der Waals surface area contributed by atoms with E-state index in [4.69, 9.17) is 5.11 Å². The molecular formula is C9H8F2O3. The zero-order valence-corrected chi connectivity index (χ0v) is 7.08. The number of carboxylic acids is 1. The number of alkyl halides is 2. The molecule has 0 saturated carbocycles. The smallest absolute Gasteiger partial charge is 0.307 e. The highest BCUT2D eigenvalue weighted by Crippen LogP contribution is 2.31. The summed E-state index contributed by atoms with van der Waals surface area (Å²) in [5.41, 5.74) is -0.543. The number of benzene rings is 1. The van der Waals surface area contributed by atoms with Crippen molar-refractivity contribution in [1.29, 1.82) is 0 Å². The molecule has 0 amide bonds. The van der Waals surface area contributed by atoms with Gasteiger partial charge < -0.3 is 10.2 Å². The van der Waals surface area contributed by atoms with Crippen LogP contribution in [0.2, 0.25) is 0 Å². The molecule has 0 aliphatic rings. The monoisotopic (exact) mass is 202 g/mol. The van der Waals surface area contributed by atoms with E-state index < -0.39 is 30.1 Å². The van der Waals surface area contributed by atoms with Crippen molar-refractivity contribution in [1.82, 2.24) is 0 Å². The van der Waals surface area contributed by atoms with Gasteiger partial charge in [0, 0.05) is 5.56 Å². The van der Waals surface area contributed by atoms with E-state index >= 15 is 0 Å². The summed E-state index contributed by atoms with van der Waals surface area (Å²) < 4.78 is 24.5. The maximum atomic E-state index is 12.2. The van der Waals surface area contributed by atoms with Gasteiger partial charge in [-0.3, -0.25) is 4.79 Å². The molecule has 0 spiro atoms. The molecule has 0 radical (unpaired) electrons. The van der Waals surface area contributed by atoms with Gasteiger partial charge >= 0.3 is 5.97 Å². The van der Waals surface area contributed by atoms with Gasteiger partial charge in [0.25, 0.3) is 6.43 Å². The average Bonchev–Trinajstić information content (AvgIpc) is 2.07. The molecule has 0 atom stereocenters. The van der Waals surface area contributed by atoms with E-state index in [1.165, 1.54) is 12.1 Å². The number of phenols is 1. The first-order valence-corrected chi connectivity index (χ1v) is 3.83. The van der Waals surface area contributed by atoms with E-state index in [1.54, 1.807) is 0 Å². The number of phenolic OH excluding ortho intramolecular Hbond substituents is 1. The van der Waals surface area contributed by atoms with Crippen LogP contribution in [0.25, 0.3) is 0 Å². The molecule has 1 aromatic carbocycles. The van der Waals surface area contributed by atoms with Crippen molar-refractivity contribution in [3.05, 3.63) is 29.3 Å². The molecular weight excluding hydrogens is 194 g/mol. The second-order valence-electron chi connectivity index (χ2n) is 2.73. The van der Waals surface area contributed by atoms with E-state index in [0.29, 0.717) is 0 Å². The topological polar surface area (TPSA) is 57.5 Å². The van der Waals surface area contributed by atoms with Crippen LogP contribution in [0.4, 0.5) is 8.78 Å². The van der Waals surface area contributed by atoms with E-state index in [1.807, 2.05) is 0 Å². The number of halogens is 2. The predicted molar refractivity (Wildman–Crippen MR) is 44.4 cm³/mol. The van der Waals surface area contributed by atoms with Crippen LogP contribution >= 0.6 is 0 Å². The maximum Gasteiger partial charge on any atom is 0.307 e. The van der Waals surface area contributed by atoms with Crippen molar-refractivity contribution in [2.45, 2.75) is 12.8 Å². The van der Waals surface area contributed by atoms with Crippen LogP contribution in [0, 0.1) is 0 Å². The zero-order valence-electron chi connectivity index (χ0n) is 7.08. The lowest BCUT2D eigenvalue weighted by Gasteiger charge is -2.06. The van der Waals surface area contributed by atoms with E-state index in [0.717, 1.165) is 6.07 Å². The summed E-state index contributed by atoms with van der Waals surface area (Å²) in [6.45, 7) is 0. The predicted octanol–water partition coefficient (Wildman–Crippen LogP) is 1.96. The Hall–Kier alpha value is -1.65. The van der Waals surface area contributed by atoms with Crippen LogP contribution in [0.15, 0.2) is 18.2 Å². The molecule has 5 heteroatoms. The lowest BCUT2D eigenvalue weighted by molar-refractivity contribution is -0.136. The molecule has 0 heterocycles. The number of para-hydroxylation sites is 1. The normalized spacial score (nSPS) is 10.5. The third-order valence-electron chi connectivity index (χ3n) is 1.73. The standard InChI is InChI=1S/C9H8F2O3/c10-9(11)6-3-1-2-5(8(6)14)4-7(12)13/h1-3,9,14H,4H2,(H,12,13). The third-order valence-corrected chi connectivity index (χ3v) is 1.73. The SMILES string of the molecule is O=C(O)Cc1cccc(C(F)F)c1O. The first-order chi connectivity index (χ1) is 6.52. The highest BCUT2D eigenvalue weighted by Gasteiger charge is 2.16. The van der Waals surface area contributed by atoms with Crippen molar-refractivity contribution >= 4 is 5.97 Å². The van der Waals surface area contributed by atoms with Gasteiger partial charge in [-0.1, -0.05) is 12.1 Å². The van der Waals surface area contributed by atoms with Gasteiger partial charge in [0.1, 0.15) is 5.75 Å². The fourth-order valence-corrected chi connectivity index (χ4v) is 1.09.